The number of imidazole rings is 1. The SMILES string of the molecule is CC1(C)COC[C@H]1n1c(Cc2cc(F)c(-c3cccc4c3O[C@](C)(c3ccc(Cl)cn3)O4)cc2F)nc2c(F)cc(-c3noc(=O)[nH]3)cc21. The van der Waals surface area contributed by atoms with E-state index in [1.165, 1.54) is 12.3 Å². The Labute approximate surface area is 281 Å². The smallest absolute Gasteiger partial charge is 0.439 e. The molecule has 3 aromatic heterocycles. The van der Waals surface area contributed by atoms with E-state index in [9.17, 15) is 4.79 Å². The summed E-state index contributed by atoms with van der Waals surface area (Å²) in [6, 6.07) is 13.0. The molecule has 8 rings (SSSR count). The number of nitrogens with one attached hydrogen (secondary N) is 1. The van der Waals surface area contributed by atoms with Crippen LogP contribution in [0.15, 0.2) is 70.1 Å². The van der Waals surface area contributed by atoms with Crippen molar-refractivity contribution in [2.45, 2.75) is 39.0 Å². The summed E-state index contributed by atoms with van der Waals surface area (Å²) in [5, 5.41) is 4.13. The molecule has 0 spiro atoms. The van der Waals surface area contributed by atoms with Gasteiger partial charge in [-0.25, -0.2) is 22.9 Å². The third-order valence-corrected chi connectivity index (χ3v) is 9.27. The van der Waals surface area contributed by atoms with Crippen LogP contribution < -0.4 is 15.2 Å². The van der Waals surface area contributed by atoms with Gasteiger partial charge in [0.15, 0.2) is 23.1 Å². The summed E-state index contributed by atoms with van der Waals surface area (Å²) in [5.41, 5.74) is 0.961. The maximum atomic E-state index is 16.0. The minimum absolute atomic E-state index is 0.0101. The Morgan fingerprint density at radius 1 is 1.00 bits per heavy atom. The lowest BCUT2D eigenvalue weighted by Gasteiger charge is -2.28. The largest absolute Gasteiger partial charge is 0.443 e. The Morgan fingerprint density at radius 2 is 1.84 bits per heavy atom. The first-order valence-corrected chi connectivity index (χ1v) is 15.7. The predicted octanol–water partition coefficient (Wildman–Crippen LogP) is 7.34. The topological polar surface area (TPSA) is 117 Å². The summed E-state index contributed by atoms with van der Waals surface area (Å²) >= 11 is 6.00. The Morgan fingerprint density at radius 3 is 2.55 bits per heavy atom. The van der Waals surface area contributed by atoms with Gasteiger partial charge in [-0.2, -0.15) is 0 Å². The number of rotatable bonds is 6. The number of benzene rings is 3. The van der Waals surface area contributed by atoms with Crippen LogP contribution in [0.3, 0.4) is 0 Å². The summed E-state index contributed by atoms with van der Waals surface area (Å²) in [6.45, 7) is 6.39. The van der Waals surface area contributed by atoms with Crippen LogP contribution in [0.2, 0.25) is 5.02 Å². The molecule has 1 fully saturated rings. The lowest BCUT2D eigenvalue weighted by molar-refractivity contribution is -0.0715. The maximum Gasteiger partial charge on any atom is 0.439 e. The first-order chi connectivity index (χ1) is 23.4. The zero-order valence-electron chi connectivity index (χ0n) is 26.3. The molecule has 2 aliphatic rings. The minimum atomic E-state index is -1.33. The molecule has 0 radical (unpaired) electrons. The molecule has 250 valence electrons. The fourth-order valence-corrected chi connectivity index (χ4v) is 6.64. The number of para-hydroxylation sites is 1. The Bertz CT molecular complexity index is 2340. The fraction of sp³-hybridized carbons (Fsp3) is 0.257. The van der Waals surface area contributed by atoms with Crippen molar-refractivity contribution >= 4 is 22.6 Å². The van der Waals surface area contributed by atoms with Crippen molar-refractivity contribution in [3.05, 3.63) is 111 Å². The van der Waals surface area contributed by atoms with Gasteiger partial charge in [-0.05, 0) is 48.0 Å². The van der Waals surface area contributed by atoms with Crippen molar-refractivity contribution in [1.29, 1.82) is 0 Å². The summed E-state index contributed by atoms with van der Waals surface area (Å²) in [4.78, 5) is 22.9. The molecule has 1 N–H and O–H groups in total. The lowest BCUT2D eigenvalue weighted by Crippen LogP contribution is -2.32. The molecule has 10 nitrogen and oxygen atoms in total. The molecule has 0 amide bonds. The van der Waals surface area contributed by atoms with Crippen molar-refractivity contribution in [2.75, 3.05) is 13.2 Å². The van der Waals surface area contributed by atoms with Gasteiger partial charge in [-0.3, -0.25) is 14.5 Å². The standard InChI is InChI=1S/C35H27ClF3N5O5/c1-34(2)16-46-15-28(34)44-25-11-18(32-42-33(45)49-43-32)10-24(39)30(25)41-29(44)12-17-9-23(38)21(13-22(17)37)20-5-4-6-26-31(20)48-35(3,47-26)27-8-7-19(36)14-40-27/h4-11,13-14,28H,12,15-16H2,1-3H3,(H,42,43,45)/t28-,35-/m1/s1. The number of ether oxygens (including phenoxy) is 3. The number of aromatic nitrogens is 5. The summed E-state index contributed by atoms with van der Waals surface area (Å²) in [6.07, 6.45) is 1.31. The zero-order valence-corrected chi connectivity index (χ0v) is 27.1. The van der Waals surface area contributed by atoms with Gasteiger partial charge in [0, 0.05) is 41.6 Å². The molecular weight excluding hydrogens is 663 g/mol. The summed E-state index contributed by atoms with van der Waals surface area (Å²) < 4.78 is 72.2. The van der Waals surface area contributed by atoms with E-state index in [1.807, 2.05) is 13.8 Å². The molecular formula is C35H27ClF3N5O5. The first kappa shape index (κ1) is 31.1. The number of hydrogen-bond donors (Lipinski definition) is 1. The fourth-order valence-electron chi connectivity index (χ4n) is 6.53. The van der Waals surface area contributed by atoms with Gasteiger partial charge in [0.1, 0.15) is 28.7 Å². The molecule has 5 heterocycles. The Hall–Kier alpha value is -5.14. The van der Waals surface area contributed by atoms with Crippen LogP contribution in [-0.2, 0) is 16.9 Å². The van der Waals surface area contributed by atoms with Crippen molar-refractivity contribution in [2.24, 2.45) is 5.41 Å². The highest BCUT2D eigenvalue weighted by Crippen LogP contribution is 2.49. The van der Waals surface area contributed by atoms with E-state index in [0.29, 0.717) is 41.0 Å². The molecule has 2 atom stereocenters. The van der Waals surface area contributed by atoms with Crippen LogP contribution >= 0.6 is 11.6 Å². The summed E-state index contributed by atoms with van der Waals surface area (Å²) in [7, 11) is 0. The number of halogens is 4. The molecule has 0 saturated carbocycles. The monoisotopic (exact) mass is 689 g/mol. The van der Waals surface area contributed by atoms with Crippen LogP contribution in [0.5, 0.6) is 11.5 Å². The van der Waals surface area contributed by atoms with Gasteiger partial charge in [-0.1, -0.05) is 42.7 Å². The van der Waals surface area contributed by atoms with E-state index >= 15 is 13.2 Å². The highest BCUT2D eigenvalue weighted by molar-refractivity contribution is 6.30. The van der Waals surface area contributed by atoms with Crippen molar-refractivity contribution < 1.29 is 31.9 Å². The van der Waals surface area contributed by atoms with Crippen molar-refractivity contribution in [1.82, 2.24) is 24.7 Å². The Balaban J connectivity index is 1.19. The first-order valence-electron chi connectivity index (χ1n) is 15.4. The summed E-state index contributed by atoms with van der Waals surface area (Å²) in [5.74, 6) is -3.29. The van der Waals surface area contributed by atoms with E-state index in [1.54, 1.807) is 47.9 Å². The number of hydrogen-bond acceptors (Lipinski definition) is 8. The maximum absolute atomic E-state index is 16.0. The predicted molar refractivity (Wildman–Crippen MR) is 172 cm³/mol. The number of nitrogens with zero attached hydrogens (tertiary/aromatic N) is 4. The second-order valence-electron chi connectivity index (χ2n) is 12.9. The van der Waals surface area contributed by atoms with Gasteiger partial charge < -0.3 is 18.8 Å². The molecule has 0 aliphatic carbocycles. The molecule has 2 aliphatic heterocycles. The van der Waals surface area contributed by atoms with Crippen LogP contribution in [0.25, 0.3) is 33.5 Å². The third-order valence-electron chi connectivity index (χ3n) is 9.05. The van der Waals surface area contributed by atoms with E-state index in [0.717, 1.165) is 12.1 Å². The lowest BCUT2D eigenvalue weighted by atomic mass is 9.87. The van der Waals surface area contributed by atoms with Gasteiger partial charge in [0.25, 0.3) is 5.79 Å². The second kappa shape index (κ2) is 11.2. The number of pyridine rings is 1. The average Bonchev–Trinajstić information content (AvgIpc) is 3.82. The Kier molecular flexibility index (Phi) is 7.12. The molecule has 0 bridgehead atoms. The van der Waals surface area contributed by atoms with E-state index in [4.69, 9.17) is 25.8 Å². The van der Waals surface area contributed by atoms with Crippen LogP contribution in [0.1, 0.15) is 43.9 Å². The highest BCUT2D eigenvalue weighted by Gasteiger charge is 2.42. The van der Waals surface area contributed by atoms with E-state index < -0.39 is 34.4 Å². The molecule has 3 aromatic carbocycles. The zero-order chi connectivity index (χ0) is 34.2. The second-order valence-corrected chi connectivity index (χ2v) is 13.4. The van der Waals surface area contributed by atoms with E-state index in [2.05, 4.69) is 24.6 Å². The van der Waals surface area contributed by atoms with Crippen LogP contribution in [-0.4, -0.2) is 37.9 Å². The van der Waals surface area contributed by atoms with Crippen molar-refractivity contribution in [3.63, 3.8) is 0 Å². The normalized spacial score (nSPS) is 19.6. The van der Waals surface area contributed by atoms with E-state index in [-0.39, 0.29) is 51.8 Å². The molecule has 1 saturated heterocycles. The van der Waals surface area contributed by atoms with Crippen LogP contribution in [0.4, 0.5) is 13.2 Å². The molecule has 14 heteroatoms. The number of H-pyrrole nitrogens is 1. The molecule has 0 unspecified atom stereocenters. The van der Waals surface area contributed by atoms with Gasteiger partial charge in [-0.15, -0.1) is 0 Å². The average molecular weight is 690 g/mol. The van der Waals surface area contributed by atoms with Gasteiger partial charge in [0.05, 0.1) is 29.8 Å². The highest BCUT2D eigenvalue weighted by atomic mass is 35.5. The number of fused-ring (bicyclic) bond motifs is 2. The minimum Gasteiger partial charge on any atom is -0.443 e. The third kappa shape index (κ3) is 5.24. The van der Waals surface area contributed by atoms with Gasteiger partial charge >= 0.3 is 5.76 Å². The van der Waals surface area contributed by atoms with Gasteiger partial charge in [0.2, 0.25) is 0 Å². The number of aromatic amines is 1. The molecule has 6 aromatic rings. The van der Waals surface area contributed by atoms with Crippen molar-refractivity contribution in [3.8, 4) is 34.0 Å². The molecule has 49 heavy (non-hydrogen) atoms. The van der Waals surface area contributed by atoms with Crippen LogP contribution in [0, 0.1) is 22.9 Å². The quantitative estimate of drug-likeness (QED) is 0.193.